The standard InChI is InChI=1S/C20H25N5O2/c1-12(2)16-8-6-15(7-9-16)11-18-22-23-20(27-18)21-19(26)17-10-14(5)24-25(17)13(3)4/h6-10,12-13H,11H2,1-5H3,(H,21,23,26). The maximum absolute atomic E-state index is 12.5. The van der Waals surface area contributed by atoms with Gasteiger partial charge in [0.15, 0.2) is 0 Å². The first-order valence-electron chi connectivity index (χ1n) is 9.12. The molecule has 0 aliphatic rings. The lowest BCUT2D eigenvalue weighted by atomic mass is 10.0. The number of aryl methyl sites for hydroxylation is 1. The molecule has 0 saturated heterocycles. The van der Waals surface area contributed by atoms with Crippen LogP contribution < -0.4 is 5.32 Å². The maximum Gasteiger partial charge on any atom is 0.322 e. The molecule has 27 heavy (non-hydrogen) atoms. The van der Waals surface area contributed by atoms with Gasteiger partial charge in [-0.15, -0.1) is 5.10 Å². The molecule has 0 radical (unpaired) electrons. The van der Waals surface area contributed by atoms with Crippen molar-refractivity contribution in [3.8, 4) is 0 Å². The average molecular weight is 367 g/mol. The third kappa shape index (κ3) is 4.42. The smallest absolute Gasteiger partial charge is 0.322 e. The van der Waals surface area contributed by atoms with E-state index in [0.29, 0.717) is 23.9 Å². The fourth-order valence-corrected chi connectivity index (χ4v) is 2.81. The Kier molecular flexibility index (Phi) is 5.39. The van der Waals surface area contributed by atoms with Crippen LogP contribution in [0.5, 0.6) is 0 Å². The minimum atomic E-state index is -0.319. The Labute approximate surface area is 158 Å². The highest BCUT2D eigenvalue weighted by Gasteiger charge is 2.18. The van der Waals surface area contributed by atoms with Crippen LogP contribution in [-0.4, -0.2) is 25.9 Å². The summed E-state index contributed by atoms with van der Waals surface area (Å²) in [5, 5.41) is 15.0. The van der Waals surface area contributed by atoms with Gasteiger partial charge in [0.2, 0.25) is 5.89 Å². The van der Waals surface area contributed by atoms with Gasteiger partial charge in [0, 0.05) is 6.04 Å². The summed E-state index contributed by atoms with van der Waals surface area (Å²) in [6, 6.07) is 10.2. The molecule has 1 aromatic carbocycles. The Morgan fingerprint density at radius 3 is 2.48 bits per heavy atom. The van der Waals surface area contributed by atoms with Crippen molar-refractivity contribution in [2.75, 3.05) is 5.32 Å². The summed E-state index contributed by atoms with van der Waals surface area (Å²) in [5.74, 6) is 0.629. The van der Waals surface area contributed by atoms with Crippen LogP contribution in [0.4, 0.5) is 6.01 Å². The monoisotopic (exact) mass is 367 g/mol. The van der Waals surface area contributed by atoms with Crippen LogP contribution in [0.2, 0.25) is 0 Å². The number of amides is 1. The van der Waals surface area contributed by atoms with Crippen LogP contribution in [0.15, 0.2) is 34.7 Å². The van der Waals surface area contributed by atoms with Crippen LogP contribution in [0.25, 0.3) is 0 Å². The number of nitrogens with zero attached hydrogens (tertiary/aromatic N) is 4. The number of nitrogens with one attached hydrogen (secondary N) is 1. The van der Waals surface area contributed by atoms with Crippen molar-refractivity contribution in [2.24, 2.45) is 0 Å². The van der Waals surface area contributed by atoms with E-state index in [9.17, 15) is 4.79 Å². The molecule has 7 nitrogen and oxygen atoms in total. The first kappa shape index (κ1) is 18.8. The normalized spacial score (nSPS) is 11.4. The average Bonchev–Trinajstić information content (AvgIpc) is 3.22. The second-order valence-corrected chi connectivity index (χ2v) is 7.24. The summed E-state index contributed by atoms with van der Waals surface area (Å²) in [6.45, 7) is 10.1. The Morgan fingerprint density at radius 1 is 1.15 bits per heavy atom. The van der Waals surface area contributed by atoms with E-state index < -0.39 is 0 Å². The molecule has 0 atom stereocenters. The highest BCUT2D eigenvalue weighted by Crippen LogP contribution is 2.18. The van der Waals surface area contributed by atoms with Crippen LogP contribution in [0.1, 0.15) is 72.9 Å². The summed E-state index contributed by atoms with van der Waals surface area (Å²) in [5.41, 5.74) is 3.61. The van der Waals surface area contributed by atoms with Crippen molar-refractivity contribution in [2.45, 2.75) is 53.0 Å². The predicted octanol–water partition coefficient (Wildman–Crippen LogP) is 4.12. The minimum absolute atomic E-state index is 0.0755. The number of hydrogen-bond acceptors (Lipinski definition) is 5. The molecule has 142 valence electrons. The van der Waals surface area contributed by atoms with E-state index in [0.717, 1.165) is 11.3 Å². The van der Waals surface area contributed by atoms with Gasteiger partial charge in [-0.05, 0) is 43.9 Å². The molecule has 3 aromatic rings. The van der Waals surface area contributed by atoms with Gasteiger partial charge in [0.05, 0.1) is 12.1 Å². The van der Waals surface area contributed by atoms with Gasteiger partial charge in [-0.3, -0.25) is 14.8 Å². The molecule has 0 spiro atoms. The van der Waals surface area contributed by atoms with Crippen molar-refractivity contribution < 1.29 is 9.21 Å². The van der Waals surface area contributed by atoms with Gasteiger partial charge in [-0.2, -0.15) is 5.10 Å². The van der Waals surface area contributed by atoms with Gasteiger partial charge in [-0.25, -0.2) is 0 Å². The molecule has 1 N–H and O–H groups in total. The summed E-state index contributed by atoms with van der Waals surface area (Å²) in [6.07, 6.45) is 0.518. The third-order valence-electron chi connectivity index (χ3n) is 4.27. The number of rotatable bonds is 6. The molecule has 2 aromatic heterocycles. The van der Waals surface area contributed by atoms with Crippen molar-refractivity contribution in [1.29, 1.82) is 0 Å². The lowest BCUT2D eigenvalue weighted by Gasteiger charge is -2.09. The predicted molar refractivity (Wildman–Crippen MR) is 103 cm³/mol. The fourth-order valence-electron chi connectivity index (χ4n) is 2.81. The van der Waals surface area contributed by atoms with E-state index in [1.807, 2.05) is 20.8 Å². The van der Waals surface area contributed by atoms with Crippen molar-refractivity contribution in [3.05, 3.63) is 58.7 Å². The van der Waals surface area contributed by atoms with Gasteiger partial charge in [0.1, 0.15) is 5.69 Å². The van der Waals surface area contributed by atoms with E-state index in [2.05, 4.69) is 58.7 Å². The summed E-state index contributed by atoms with van der Waals surface area (Å²) < 4.78 is 7.26. The third-order valence-corrected chi connectivity index (χ3v) is 4.27. The summed E-state index contributed by atoms with van der Waals surface area (Å²) in [4.78, 5) is 12.5. The minimum Gasteiger partial charge on any atom is -0.407 e. The quantitative estimate of drug-likeness (QED) is 0.708. The lowest BCUT2D eigenvalue weighted by Crippen LogP contribution is -2.19. The molecule has 0 bridgehead atoms. The molecular weight excluding hydrogens is 342 g/mol. The molecule has 0 saturated carbocycles. The van der Waals surface area contributed by atoms with Gasteiger partial charge >= 0.3 is 6.01 Å². The van der Waals surface area contributed by atoms with Crippen LogP contribution in [0.3, 0.4) is 0 Å². The van der Waals surface area contributed by atoms with E-state index in [-0.39, 0.29) is 18.0 Å². The second-order valence-electron chi connectivity index (χ2n) is 7.24. The van der Waals surface area contributed by atoms with Crippen molar-refractivity contribution >= 4 is 11.9 Å². The molecule has 0 unspecified atom stereocenters. The first-order chi connectivity index (χ1) is 12.8. The Morgan fingerprint density at radius 2 is 1.85 bits per heavy atom. The second kappa shape index (κ2) is 7.73. The van der Waals surface area contributed by atoms with Crippen LogP contribution >= 0.6 is 0 Å². The Hall–Kier alpha value is -2.96. The van der Waals surface area contributed by atoms with E-state index >= 15 is 0 Å². The number of aromatic nitrogens is 4. The molecule has 3 rings (SSSR count). The van der Waals surface area contributed by atoms with Crippen molar-refractivity contribution in [3.63, 3.8) is 0 Å². The SMILES string of the molecule is Cc1cc(C(=O)Nc2nnc(Cc3ccc(C(C)C)cc3)o2)n(C(C)C)n1. The van der Waals surface area contributed by atoms with E-state index in [4.69, 9.17) is 4.42 Å². The van der Waals surface area contributed by atoms with Gasteiger partial charge < -0.3 is 4.42 Å². The highest BCUT2D eigenvalue weighted by molar-refractivity contribution is 6.01. The number of anilines is 1. The molecule has 0 aliphatic carbocycles. The summed E-state index contributed by atoms with van der Waals surface area (Å²) >= 11 is 0. The van der Waals surface area contributed by atoms with Gasteiger partial charge in [-0.1, -0.05) is 43.2 Å². The zero-order valence-electron chi connectivity index (χ0n) is 16.4. The lowest BCUT2D eigenvalue weighted by molar-refractivity contribution is 0.101. The Balaban J connectivity index is 1.68. The molecule has 0 fully saturated rings. The van der Waals surface area contributed by atoms with Crippen LogP contribution in [-0.2, 0) is 6.42 Å². The maximum atomic E-state index is 12.5. The van der Waals surface area contributed by atoms with Crippen LogP contribution in [0, 0.1) is 6.92 Å². The first-order valence-corrected chi connectivity index (χ1v) is 9.12. The molecule has 2 heterocycles. The van der Waals surface area contributed by atoms with Gasteiger partial charge in [0.25, 0.3) is 5.91 Å². The number of carbonyl (C=O) groups is 1. The number of benzene rings is 1. The topological polar surface area (TPSA) is 85.8 Å². The molecule has 1 amide bonds. The fraction of sp³-hybridized carbons (Fsp3) is 0.400. The summed E-state index contributed by atoms with van der Waals surface area (Å²) in [7, 11) is 0. The molecule has 7 heteroatoms. The molecule has 0 aliphatic heterocycles. The Bertz CT molecular complexity index is 922. The largest absolute Gasteiger partial charge is 0.407 e. The number of carbonyl (C=O) groups excluding carboxylic acids is 1. The van der Waals surface area contributed by atoms with Crippen molar-refractivity contribution in [1.82, 2.24) is 20.0 Å². The zero-order chi connectivity index (χ0) is 19.6. The zero-order valence-corrected chi connectivity index (χ0v) is 16.4. The van der Waals surface area contributed by atoms with E-state index in [1.165, 1.54) is 5.56 Å². The highest BCUT2D eigenvalue weighted by atomic mass is 16.4. The van der Waals surface area contributed by atoms with E-state index in [1.54, 1.807) is 10.7 Å². The molecular formula is C20H25N5O2. The number of hydrogen-bond donors (Lipinski definition) is 1.